The lowest BCUT2D eigenvalue weighted by atomic mass is 10.3. The van der Waals surface area contributed by atoms with Gasteiger partial charge in [0.15, 0.2) is 0 Å². The number of pyridine rings is 1. The third-order valence-electron chi connectivity index (χ3n) is 3.04. The van der Waals surface area contributed by atoms with Crippen LogP contribution in [0.1, 0.15) is 17.4 Å². The molecule has 2 aromatic heterocycles. The van der Waals surface area contributed by atoms with E-state index in [2.05, 4.69) is 10.3 Å². The molecule has 0 aliphatic heterocycles. The fourth-order valence-corrected chi connectivity index (χ4v) is 4.24. The normalized spacial score (nSPS) is 12.0. The molecule has 0 fully saturated rings. The predicted molar refractivity (Wildman–Crippen MR) is 84.6 cm³/mol. The molecule has 0 aromatic carbocycles. The molecule has 0 bridgehead atoms. The Labute approximate surface area is 129 Å². The van der Waals surface area contributed by atoms with Gasteiger partial charge in [0.05, 0.1) is 4.90 Å². The first-order valence-corrected chi connectivity index (χ1v) is 8.99. The van der Waals surface area contributed by atoms with E-state index >= 15 is 0 Å². The van der Waals surface area contributed by atoms with E-state index in [0.29, 0.717) is 18.0 Å². The molecule has 2 aromatic rings. The number of hydrogen-bond acceptors (Lipinski definition) is 5. The van der Waals surface area contributed by atoms with Crippen molar-refractivity contribution < 1.29 is 8.42 Å². The lowest BCUT2D eigenvalue weighted by Gasteiger charge is -2.16. The lowest BCUT2D eigenvalue weighted by molar-refractivity contribution is 0.467. The van der Waals surface area contributed by atoms with Gasteiger partial charge in [-0.3, -0.25) is 4.98 Å². The van der Waals surface area contributed by atoms with E-state index in [-0.39, 0.29) is 0 Å². The van der Waals surface area contributed by atoms with Gasteiger partial charge in [0.2, 0.25) is 10.0 Å². The van der Waals surface area contributed by atoms with Crippen molar-refractivity contribution in [3.8, 4) is 0 Å². The summed E-state index contributed by atoms with van der Waals surface area (Å²) in [5, 5.41) is 4.89. The fourth-order valence-electron chi connectivity index (χ4n) is 1.85. The molecule has 0 radical (unpaired) electrons. The maximum Gasteiger partial charge on any atom is 0.243 e. The number of nitrogens with one attached hydrogen (secondary N) is 1. The molecule has 2 rings (SSSR count). The predicted octanol–water partition coefficient (Wildman–Crippen LogP) is 2.07. The maximum absolute atomic E-state index is 12.5. The van der Waals surface area contributed by atoms with Gasteiger partial charge in [-0.1, -0.05) is 6.92 Å². The second kappa shape index (κ2) is 7.13. The summed E-state index contributed by atoms with van der Waals surface area (Å²) in [5.41, 5.74) is 0.916. The molecule has 0 aliphatic rings. The SMILES string of the molecule is CCNCc1cc(S(=O)(=O)N(C)Cc2ccncc2)cs1. The monoisotopic (exact) mass is 325 g/mol. The highest BCUT2D eigenvalue weighted by Gasteiger charge is 2.22. The zero-order valence-corrected chi connectivity index (χ0v) is 13.7. The molecule has 21 heavy (non-hydrogen) atoms. The molecule has 2 heterocycles. The molecule has 0 saturated carbocycles. The van der Waals surface area contributed by atoms with E-state index < -0.39 is 10.0 Å². The lowest BCUT2D eigenvalue weighted by Crippen LogP contribution is -2.26. The Morgan fingerprint density at radius 2 is 2.05 bits per heavy atom. The molecule has 0 spiro atoms. The van der Waals surface area contributed by atoms with Gasteiger partial charge in [-0.2, -0.15) is 4.31 Å². The van der Waals surface area contributed by atoms with Crippen LogP contribution >= 0.6 is 11.3 Å². The Morgan fingerprint density at radius 3 is 2.71 bits per heavy atom. The minimum absolute atomic E-state index is 0.337. The highest BCUT2D eigenvalue weighted by molar-refractivity contribution is 7.89. The second-order valence-electron chi connectivity index (χ2n) is 4.65. The van der Waals surface area contributed by atoms with Crippen molar-refractivity contribution in [1.29, 1.82) is 0 Å². The van der Waals surface area contributed by atoms with Crippen LogP contribution in [0.4, 0.5) is 0 Å². The summed E-state index contributed by atoms with van der Waals surface area (Å²) in [7, 11) is -1.85. The van der Waals surface area contributed by atoms with E-state index in [9.17, 15) is 8.42 Å². The minimum atomic E-state index is -3.45. The van der Waals surface area contributed by atoms with E-state index in [1.807, 2.05) is 19.1 Å². The maximum atomic E-state index is 12.5. The van der Waals surface area contributed by atoms with Crippen LogP contribution in [0.25, 0.3) is 0 Å². The number of hydrogen-bond donors (Lipinski definition) is 1. The Balaban J connectivity index is 2.11. The summed E-state index contributed by atoms with van der Waals surface area (Å²) in [6, 6.07) is 5.37. The molecule has 1 N–H and O–H groups in total. The second-order valence-corrected chi connectivity index (χ2v) is 7.69. The number of sulfonamides is 1. The summed E-state index contributed by atoms with van der Waals surface area (Å²) in [4.78, 5) is 5.31. The highest BCUT2D eigenvalue weighted by Crippen LogP contribution is 2.23. The van der Waals surface area contributed by atoms with Gasteiger partial charge in [0.25, 0.3) is 0 Å². The summed E-state index contributed by atoms with van der Waals surface area (Å²) in [6.07, 6.45) is 3.32. The van der Waals surface area contributed by atoms with Crippen LogP contribution in [0.15, 0.2) is 40.9 Å². The van der Waals surface area contributed by atoms with E-state index in [1.165, 1.54) is 15.6 Å². The van der Waals surface area contributed by atoms with Gasteiger partial charge >= 0.3 is 0 Å². The summed E-state index contributed by atoms with van der Waals surface area (Å²) in [6.45, 7) is 3.92. The molecular weight excluding hydrogens is 306 g/mol. The summed E-state index contributed by atoms with van der Waals surface area (Å²) in [5.74, 6) is 0. The first kappa shape index (κ1) is 16.1. The van der Waals surface area contributed by atoms with Crippen molar-refractivity contribution in [2.75, 3.05) is 13.6 Å². The van der Waals surface area contributed by atoms with Gasteiger partial charge in [0, 0.05) is 42.8 Å². The molecule has 0 atom stereocenters. The molecule has 0 saturated heterocycles. The zero-order valence-electron chi connectivity index (χ0n) is 12.1. The average Bonchev–Trinajstić information content (AvgIpc) is 2.95. The van der Waals surface area contributed by atoms with Crippen molar-refractivity contribution in [1.82, 2.24) is 14.6 Å². The van der Waals surface area contributed by atoms with Crippen LogP contribution in [0.3, 0.4) is 0 Å². The topological polar surface area (TPSA) is 62.3 Å². The van der Waals surface area contributed by atoms with Crippen LogP contribution in [0.5, 0.6) is 0 Å². The first-order valence-electron chi connectivity index (χ1n) is 6.67. The third-order valence-corrected chi connectivity index (χ3v) is 5.91. The Hall–Kier alpha value is -1.28. The quantitative estimate of drug-likeness (QED) is 0.846. The van der Waals surface area contributed by atoms with Crippen molar-refractivity contribution in [3.63, 3.8) is 0 Å². The number of aromatic nitrogens is 1. The molecule has 0 unspecified atom stereocenters. The molecule has 114 valence electrons. The van der Waals surface area contributed by atoms with Gasteiger partial charge in [-0.25, -0.2) is 8.42 Å². The summed E-state index contributed by atoms with van der Waals surface area (Å²) >= 11 is 1.46. The molecule has 5 nitrogen and oxygen atoms in total. The van der Waals surface area contributed by atoms with Gasteiger partial charge in [-0.15, -0.1) is 11.3 Å². The van der Waals surface area contributed by atoms with Crippen molar-refractivity contribution >= 4 is 21.4 Å². The average molecular weight is 325 g/mol. The Morgan fingerprint density at radius 1 is 1.33 bits per heavy atom. The van der Waals surface area contributed by atoms with Crippen LogP contribution in [0.2, 0.25) is 0 Å². The first-order chi connectivity index (χ1) is 10.0. The largest absolute Gasteiger partial charge is 0.312 e. The minimum Gasteiger partial charge on any atom is -0.312 e. The number of rotatable bonds is 7. The Bertz CT molecular complexity index is 669. The molecular formula is C14H19N3O2S2. The smallest absolute Gasteiger partial charge is 0.243 e. The molecule has 0 amide bonds. The van der Waals surface area contributed by atoms with E-state index in [1.54, 1.807) is 30.9 Å². The van der Waals surface area contributed by atoms with Gasteiger partial charge in [0.1, 0.15) is 0 Å². The number of nitrogens with zero attached hydrogens (tertiary/aromatic N) is 2. The van der Waals surface area contributed by atoms with Crippen molar-refractivity contribution in [2.45, 2.75) is 24.9 Å². The van der Waals surface area contributed by atoms with Gasteiger partial charge in [-0.05, 0) is 30.3 Å². The fraction of sp³-hybridized carbons (Fsp3) is 0.357. The number of thiophene rings is 1. The highest BCUT2D eigenvalue weighted by atomic mass is 32.2. The van der Waals surface area contributed by atoms with Crippen LogP contribution in [-0.4, -0.2) is 31.3 Å². The third kappa shape index (κ3) is 4.10. The van der Waals surface area contributed by atoms with Crippen molar-refractivity contribution in [3.05, 3.63) is 46.4 Å². The summed E-state index contributed by atoms with van der Waals surface area (Å²) < 4.78 is 26.4. The van der Waals surface area contributed by atoms with E-state index in [0.717, 1.165) is 17.0 Å². The van der Waals surface area contributed by atoms with E-state index in [4.69, 9.17) is 0 Å². The van der Waals surface area contributed by atoms with Gasteiger partial charge < -0.3 is 5.32 Å². The van der Waals surface area contributed by atoms with Crippen LogP contribution in [-0.2, 0) is 23.1 Å². The standard InChI is InChI=1S/C14H19N3O2S2/c1-3-15-9-13-8-14(11-20-13)21(18,19)17(2)10-12-4-6-16-7-5-12/h4-8,11,15H,3,9-10H2,1-2H3. The molecule has 0 aliphatic carbocycles. The Kier molecular flexibility index (Phi) is 5.46. The van der Waals surface area contributed by atoms with Crippen molar-refractivity contribution in [2.24, 2.45) is 0 Å². The molecule has 7 heteroatoms. The zero-order chi connectivity index (χ0) is 15.3. The van der Waals surface area contributed by atoms with Crippen LogP contribution < -0.4 is 5.32 Å². The van der Waals surface area contributed by atoms with Crippen LogP contribution in [0, 0.1) is 0 Å².